The summed E-state index contributed by atoms with van der Waals surface area (Å²) >= 11 is 7.56. The molecule has 3 aromatic rings. The molecule has 6 heteroatoms. The SMILES string of the molecule is Cc1cc2c(Nc3ncccc3C)nc(Cl)nc2s1. The van der Waals surface area contributed by atoms with Crippen molar-refractivity contribution in [2.24, 2.45) is 0 Å². The fourth-order valence-electron chi connectivity index (χ4n) is 1.84. The van der Waals surface area contributed by atoms with E-state index in [4.69, 9.17) is 11.6 Å². The predicted octanol–water partition coefficient (Wildman–Crippen LogP) is 4.10. The maximum absolute atomic E-state index is 5.96. The molecule has 0 aliphatic rings. The van der Waals surface area contributed by atoms with Gasteiger partial charge in [0.05, 0.1) is 5.39 Å². The largest absolute Gasteiger partial charge is 0.324 e. The first kappa shape index (κ1) is 12.3. The topological polar surface area (TPSA) is 50.7 Å². The van der Waals surface area contributed by atoms with Crippen molar-refractivity contribution in [3.8, 4) is 0 Å². The molecule has 0 unspecified atom stereocenters. The molecular weight excluding hydrogens is 280 g/mol. The molecule has 0 amide bonds. The molecule has 0 aliphatic carbocycles. The van der Waals surface area contributed by atoms with Crippen LogP contribution in [0, 0.1) is 13.8 Å². The molecule has 1 N–H and O–H groups in total. The van der Waals surface area contributed by atoms with Crippen LogP contribution >= 0.6 is 22.9 Å². The van der Waals surface area contributed by atoms with Crippen LogP contribution in [0.4, 0.5) is 11.6 Å². The van der Waals surface area contributed by atoms with Gasteiger partial charge in [0.1, 0.15) is 16.5 Å². The Kier molecular flexibility index (Phi) is 3.08. The summed E-state index contributed by atoms with van der Waals surface area (Å²) in [5.41, 5.74) is 1.05. The lowest BCUT2D eigenvalue weighted by molar-refractivity contribution is 1.20. The Morgan fingerprint density at radius 1 is 1.21 bits per heavy atom. The zero-order valence-corrected chi connectivity index (χ0v) is 12.0. The molecule has 0 spiro atoms. The van der Waals surface area contributed by atoms with Gasteiger partial charge in [-0.1, -0.05) is 6.07 Å². The third-order valence-corrected chi connectivity index (χ3v) is 3.85. The highest BCUT2D eigenvalue weighted by molar-refractivity contribution is 7.18. The number of rotatable bonds is 2. The third kappa shape index (κ3) is 2.39. The quantitative estimate of drug-likeness (QED) is 0.722. The summed E-state index contributed by atoms with van der Waals surface area (Å²) in [5, 5.41) is 4.44. The van der Waals surface area contributed by atoms with Gasteiger partial charge in [-0.2, -0.15) is 4.98 Å². The van der Waals surface area contributed by atoms with Crippen molar-refractivity contribution in [3.05, 3.63) is 40.1 Å². The summed E-state index contributed by atoms with van der Waals surface area (Å²) in [6.07, 6.45) is 1.74. The minimum atomic E-state index is 0.241. The maximum Gasteiger partial charge on any atom is 0.225 e. The zero-order chi connectivity index (χ0) is 13.4. The van der Waals surface area contributed by atoms with E-state index >= 15 is 0 Å². The van der Waals surface area contributed by atoms with E-state index in [0.29, 0.717) is 5.82 Å². The van der Waals surface area contributed by atoms with E-state index in [9.17, 15) is 0 Å². The minimum Gasteiger partial charge on any atom is -0.324 e. The average Bonchev–Trinajstić information content (AvgIpc) is 2.72. The van der Waals surface area contributed by atoms with E-state index in [1.165, 1.54) is 4.88 Å². The van der Waals surface area contributed by atoms with Crippen LogP contribution in [0.1, 0.15) is 10.4 Å². The number of aromatic nitrogens is 3. The number of halogens is 1. The van der Waals surface area contributed by atoms with Crippen molar-refractivity contribution < 1.29 is 0 Å². The summed E-state index contributed by atoms with van der Waals surface area (Å²) in [6, 6.07) is 5.95. The second-order valence-electron chi connectivity index (χ2n) is 4.21. The lowest BCUT2D eigenvalue weighted by Crippen LogP contribution is -1.99. The highest BCUT2D eigenvalue weighted by atomic mass is 35.5. The molecule has 0 fully saturated rings. The smallest absolute Gasteiger partial charge is 0.225 e. The average molecular weight is 291 g/mol. The first-order valence-corrected chi connectivity index (χ1v) is 6.95. The van der Waals surface area contributed by atoms with Crippen molar-refractivity contribution in [3.63, 3.8) is 0 Å². The van der Waals surface area contributed by atoms with Crippen LogP contribution in [0.3, 0.4) is 0 Å². The number of nitrogens with zero attached hydrogens (tertiary/aromatic N) is 3. The molecule has 0 saturated heterocycles. The van der Waals surface area contributed by atoms with Gasteiger partial charge in [0.25, 0.3) is 0 Å². The number of fused-ring (bicyclic) bond motifs is 1. The van der Waals surface area contributed by atoms with E-state index in [-0.39, 0.29) is 5.28 Å². The number of pyridine rings is 1. The van der Waals surface area contributed by atoms with Crippen molar-refractivity contribution in [2.75, 3.05) is 5.32 Å². The summed E-state index contributed by atoms with van der Waals surface area (Å²) in [4.78, 5) is 14.9. The first-order valence-electron chi connectivity index (χ1n) is 5.76. The standard InChI is InChI=1S/C13H11ClN4S/c1-7-4-3-5-15-10(7)16-11-9-6-8(2)19-12(9)18-13(14)17-11/h3-6H,1-2H3,(H,15,16,17,18). The highest BCUT2D eigenvalue weighted by Gasteiger charge is 2.11. The molecule has 3 aromatic heterocycles. The summed E-state index contributed by atoms with van der Waals surface area (Å²) in [5.74, 6) is 1.48. The Labute approximate surface area is 119 Å². The van der Waals surface area contributed by atoms with Crippen molar-refractivity contribution in [1.29, 1.82) is 0 Å². The number of thiophene rings is 1. The maximum atomic E-state index is 5.96. The monoisotopic (exact) mass is 290 g/mol. The number of aryl methyl sites for hydroxylation is 2. The highest BCUT2D eigenvalue weighted by Crippen LogP contribution is 2.31. The van der Waals surface area contributed by atoms with Crippen LogP contribution in [0.25, 0.3) is 10.2 Å². The van der Waals surface area contributed by atoms with Crippen LogP contribution in [0.15, 0.2) is 24.4 Å². The van der Waals surface area contributed by atoms with Gasteiger partial charge in [-0.25, -0.2) is 9.97 Å². The lowest BCUT2D eigenvalue weighted by Gasteiger charge is -2.08. The van der Waals surface area contributed by atoms with Crippen molar-refractivity contribution in [2.45, 2.75) is 13.8 Å². The Balaban J connectivity index is 2.12. The fraction of sp³-hybridized carbons (Fsp3) is 0.154. The van der Waals surface area contributed by atoms with Gasteiger partial charge in [-0.15, -0.1) is 11.3 Å². The Morgan fingerprint density at radius 3 is 2.84 bits per heavy atom. The lowest BCUT2D eigenvalue weighted by atomic mass is 10.3. The van der Waals surface area contributed by atoms with Crippen LogP contribution in [0.5, 0.6) is 0 Å². The number of hydrogen-bond donors (Lipinski definition) is 1. The van der Waals surface area contributed by atoms with Gasteiger partial charge >= 0.3 is 0 Å². The molecule has 0 atom stereocenters. The zero-order valence-electron chi connectivity index (χ0n) is 10.4. The van der Waals surface area contributed by atoms with Gasteiger partial charge in [-0.05, 0) is 43.1 Å². The van der Waals surface area contributed by atoms with Gasteiger partial charge < -0.3 is 5.32 Å². The minimum absolute atomic E-state index is 0.241. The summed E-state index contributed by atoms with van der Waals surface area (Å²) < 4.78 is 0. The first-order chi connectivity index (χ1) is 9.13. The third-order valence-electron chi connectivity index (χ3n) is 2.73. The Hall–Kier alpha value is -1.72. The number of anilines is 2. The molecular formula is C13H11ClN4S. The molecule has 0 aromatic carbocycles. The van der Waals surface area contributed by atoms with Crippen LogP contribution in [0.2, 0.25) is 5.28 Å². The van der Waals surface area contributed by atoms with E-state index in [2.05, 4.69) is 26.3 Å². The normalized spacial score (nSPS) is 10.9. The molecule has 4 nitrogen and oxygen atoms in total. The molecule has 19 heavy (non-hydrogen) atoms. The van der Waals surface area contributed by atoms with Gasteiger partial charge in [-0.3, -0.25) is 0 Å². The second kappa shape index (κ2) is 4.75. The van der Waals surface area contributed by atoms with Gasteiger partial charge in [0, 0.05) is 11.1 Å². The summed E-state index contributed by atoms with van der Waals surface area (Å²) in [6.45, 7) is 4.03. The molecule has 0 aliphatic heterocycles. The predicted molar refractivity (Wildman–Crippen MR) is 79.4 cm³/mol. The van der Waals surface area contributed by atoms with Gasteiger partial charge in [0.15, 0.2) is 0 Å². The molecule has 0 saturated carbocycles. The molecule has 3 rings (SSSR count). The van der Waals surface area contributed by atoms with Crippen molar-refractivity contribution in [1.82, 2.24) is 15.0 Å². The Bertz CT molecular complexity index is 753. The van der Waals surface area contributed by atoms with E-state index < -0.39 is 0 Å². The van der Waals surface area contributed by atoms with E-state index in [1.54, 1.807) is 17.5 Å². The molecule has 96 valence electrons. The Morgan fingerprint density at radius 2 is 2.05 bits per heavy atom. The van der Waals surface area contributed by atoms with Crippen LogP contribution < -0.4 is 5.32 Å². The van der Waals surface area contributed by atoms with Crippen molar-refractivity contribution >= 4 is 44.8 Å². The second-order valence-corrected chi connectivity index (χ2v) is 5.78. The molecule has 0 radical (unpaired) electrons. The van der Waals surface area contributed by atoms with Gasteiger partial charge in [0.2, 0.25) is 5.28 Å². The fourth-order valence-corrected chi connectivity index (χ4v) is 2.94. The summed E-state index contributed by atoms with van der Waals surface area (Å²) in [7, 11) is 0. The molecule has 3 heterocycles. The van der Waals surface area contributed by atoms with Crippen LogP contribution in [-0.2, 0) is 0 Å². The van der Waals surface area contributed by atoms with E-state index in [0.717, 1.165) is 21.6 Å². The van der Waals surface area contributed by atoms with E-state index in [1.807, 2.05) is 26.0 Å². The number of nitrogens with one attached hydrogen (secondary N) is 1. The molecule has 0 bridgehead atoms. The van der Waals surface area contributed by atoms with Crippen LogP contribution in [-0.4, -0.2) is 15.0 Å². The number of hydrogen-bond acceptors (Lipinski definition) is 5.